The normalized spacial score (nSPS) is 14.1. The summed E-state index contributed by atoms with van der Waals surface area (Å²) in [5.74, 6) is -0.879. The minimum absolute atomic E-state index is 0.0683. The number of esters is 2. The monoisotopic (exact) mass is 648 g/mol. The molecule has 3 N–H and O–H groups in total. The summed E-state index contributed by atoms with van der Waals surface area (Å²) in [5.41, 5.74) is 0. The molecule has 0 radical (unpaired) electrons. The largest absolute Gasteiger partial charge is 0.462 e. The van der Waals surface area contributed by atoms with E-state index in [9.17, 15) is 24.9 Å². The summed E-state index contributed by atoms with van der Waals surface area (Å²) in [4.78, 5) is 24.2. The number of hydrogen-bond acceptors (Lipinski definition) is 7. The summed E-state index contributed by atoms with van der Waals surface area (Å²) in [6.45, 7) is 3.75. The number of aliphatic hydroxyl groups excluding tert-OH is 3. The molecule has 46 heavy (non-hydrogen) atoms. The maximum Gasteiger partial charge on any atom is 0.306 e. The molecule has 0 saturated heterocycles. The topological polar surface area (TPSA) is 113 Å². The van der Waals surface area contributed by atoms with Crippen molar-refractivity contribution in [2.45, 2.75) is 173 Å². The maximum absolute atomic E-state index is 12.1. The zero-order valence-corrected chi connectivity index (χ0v) is 29.3. The Labute approximate surface area is 281 Å². The standard InChI is InChI=1S/C39H68O7/c1-3-5-7-9-11-13-15-17-19-21-23-25-27-31-39(44)46-35(33-40)34-45-38(43)32-28-30-37(42)36(41)29-26-24-22-20-18-16-14-12-10-8-6-4-2/h6,8,12,14,18,20,24,26,35-37,40-42H,3-5,7,9-11,13,15-17,19,21-23,25,27-34H2,1-2H3/b8-6-,14-12-,20-18-,26-24-/t35-,36-,37-/m0/s1. The molecular formula is C39H68O7. The Bertz CT molecular complexity index is 817. The van der Waals surface area contributed by atoms with E-state index in [1.54, 1.807) is 0 Å². The van der Waals surface area contributed by atoms with Crippen molar-refractivity contribution >= 4 is 11.9 Å². The Morgan fingerprint density at radius 2 is 1.07 bits per heavy atom. The molecule has 0 saturated carbocycles. The van der Waals surface area contributed by atoms with E-state index >= 15 is 0 Å². The van der Waals surface area contributed by atoms with Crippen molar-refractivity contribution in [3.05, 3.63) is 48.6 Å². The molecule has 0 unspecified atom stereocenters. The minimum atomic E-state index is -0.934. The lowest BCUT2D eigenvalue weighted by Gasteiger charge is -2.17. The van der Waals surface area contributed by atoms with Gasteiger partial charge < -0.3 is 24.8 Å². The van der Waals surface area contributed by atoms with E-state index < -0.39 is 30.9 Å². The second kappa shape index (κ2) is 34.1. The van der Waals surface area contributed by atoms with Crippen molar-refractivity contribution in [2.75, 3.05) is 13.2 Å². The van der Waals surface area contributed by atoms with Crippen molar-refractivity contribution < 1.29 is 34.4 Å². The summed E-state index contributed by atoms with van der Waals surface area (Å²) < 4.78 is 10.4. The minimum Gasteiger partial charge on any atom is -0.462 e. The van der Waals surface area contributed by atoms with Gasteiger partial charge in [0.25, 0.3) is 0 Å². The number of hydrogen-bond donors (Lipinski definition) is 3. The zero-order valence-electron chi connectivity index (χ0n) is 29.3. The highest BCUT2D eigenvalue weighted by Gasteiger charge is 2.18. The van der Waals surface area contributed by atoms with E-state index in [1.165, 1.54) is 64.2 Å². The summed E-state index contributed by atoms with van der Waals surface area (Å²) in [6, 6.07) is 0. The van der Waals surface area contributed by atoms with Crippen LogP contribution in [0, 0.1) is 0 Å². The first-order valence-corrected chi connectivity index (χ1v) is 18.4. The third kappa shape index (κ3) is 30.4. The van der Waals surface area contributed by atoms with Crippen molar-refractivity contribution in [1.82, 2.24) is 0 Å². The van der Waals surface area contributed by atoms with Crippen LogP contribution in [0.25, 0.3) is 0 Å². The Morgan fingerprint density at radius 3 is 1.59 bits per heavy atom. The molecule has 0 spiro atoms. The van der Waals surface area contributed by atoms with Crippen LogP contribution in [0.4, 0.5) is 0 Å². The van der Waals surface area contributed by atoms with Gasteiger partial charge in [0.05, 0.1) is 18.8 Å². The molecule has 7 heteroatoms. The van der Waals surface area contributed by atoms with Gasteiger partial charge in [0.1, 0.15) is 6.61 Å². The molecule has 266 valence electrons. The van der Waals surface area contributed by atoms with Gasteiger partial charge in [0.15, 0.2) is 6.10 Å². The second-order valence-corrected chi connectivity index (χ2v) is 12.2. The van der Waals surface area contributed by atoms with Gasteiger partial charge in [-0.15, -0.1) is 0 Å². The molecule has 0 aliphatic rings. The average Bonchev–Trinajstić information content (AvgIpc) is 3.05. The van der Waals surface area contributed by atoms with E-state index in [2.05, 4.69) is 50.3 Å². The number of aliphatic hydroxyl groups is 3. The quantitative estimate of drug-likeness (QED) is 0.0379. The van der Waals surface area contributed by atoms with Crippen LogP contribution in [0.2, 0.25) is 0 Å². The summed E-state index contributed by atoms with van der Waals surface area (Å²) in [7, 11) is 0. The number of carbonyl (C=O) groups is 2. The van der Waals surface area contributed by atoms with Gasteiger partial charge in [-0.2, -0.15) is 0 Å². The predicted molar refractivity (Wildman–Crippen MR) is 189 cm³/mol. The Balaban J connectivity index is 3.85. The van der Waals surface area contributed by atoms with Gasteiger partial charge in [-0.05, 0) is 51.4 Å². The van der Waals surface area contributed by atoms with Crippen LogP contribution >= 0.6 is 0 Å². The van der Waals surface area contributed by atoms with Crippen molar-refractivity contribution in [3.8, 4) is 0 Å². The third-order valence-corrected chi connectivity index (χ3v) is 7.84. The van der Waals surface area contributed by atoms with Crippen LogP contribution in [0.3, 0.4) is 0 Å². The smallest absolute Gasteiger partial charge is 0.306 e. The van der Waals surface area contributed by atoms with Gasteiger partial charge >= 0.3 is 11.9 Å². The molecule has 0 amide bonds. The molecule has 7 nitrogen and oxygen atoms in total. The van der Waals surface area contributed by atoms with Crippen molar-refractivity contribution in [1.29, 1.82) is 0 Å². The van der Waals surface area contributed by atoms with Crippen LogP contribution in [0.1, 0.15) is 155 Å². The van der Waals surface area contributed by atoms with E-state index in [-0.39, 0.29) is 25.4 Å². The number of rotatable bonds is 32. The SMILES string of the molecule is CC/C=C\C/C=C\C/C=C\C/C=C\C[C@H](O)[C@@H](O)CCCC(=O)OC[C@H](CO)OC(=O)CCCCCCCCCCCCCCC. The highest BCUT2D eigenvalue weighted by molar-refractivity contribution is 5.70. The first-order chi connectivity index (χ1) is 22.4. The molecule has 0 aliphatic carbocycles. The number of unbranched alkanes of at least 4 members (excludes halogenated alkanes) is 12. The second-order valence-electron chi connectivity index (χ2n) is 12.2. The average molecular weight is 649 g/mol. The fraction of sp³-hybridized carbons (Fsp3) is 0.744. The molecule has 0 bridgehead atoms. The van der Waals surface area contributed by atoms with Crippen molar-refractivity contribution in [3.63, 3.8) is 0 Å². The molecular weight excluding hydrogens is 580 g/mol. The lowest BCUT2D eigenvalue weighted by atomic mass is 10.0. The zero-order chi connectivity index (χ0) is 33.9. The summed E-state index contributed by atoms with van der Waals surface area (Å²) >= 11 is 0. The molecule has 0 rings (SSSR count). The molecule has 0 aromatic carbocycles. The fourth-order valence-electron chi connectivity index (χ4n) is 4.93. The molecule has 0 aromatic heterocycles. The first kappa shape index (κ1) is 43.8. The van der Waals surface area contributed by atoms with E-state index in [0.717, 1.165) is 44.9 Å². The van der Waals surface area contributed by atoms with Crippen LogP contribution < -0.4 is 0 Å². The maximum atomic E-state index is 12.1. The van der Waals surface area contributed by atoms with Gasteiger partial charge in [-0.3, -0.25) is 9.59 Å². The highest BCUT2D eigenvalue weighted by atomic mass is 16.6. The number of allylic oxidation sites excluding steroid dienone is 7. The molecule has 0 aliphatic heterocycles. The van der Waals surface area contributed by atoms with Crippen LogP contribution in [0.5, 0.6) is 0 Å². The predicted octanol–water partition coefficient (Wildman–Crippen LogP) is 9.00. The van der Waals surface area contributed by atoms with E-state index in [1.807, 2.05) is 12.2 Å². The van der Waals surface area contributed by atoms with Gasteiger partial charge in [-0.1, -0.05) is 140 Å². The van der Waals surface area contributed by atoms with Crippen LogP contribution in [-0.2, 0) is 19.1 Å². The molecule has 0 heterocycles. The number of carbonyl (C=O) groups excluding carboxylic acids is 2. The van der Waals surface area contributed by atoms with Gasteiger partial charge in [-0.25, -0.2) is 0 Å². The third-order valence-electron chi connectivity index (χ3n) is 7.84. The molecule has 0 fully saturated rings. The summed E-state index contributed by atoms with van der Waals surface area (Å²) in [6.07, 6.45) is 34.9. The number of ether oxygens (including phenoxy) is 2. The first-order valence-electron chi connectivity index (χ1n) is 18.4. The van der Waals surface area contributed by atoms with E-state index in [0.29, 0.717) is 19.3 Å². The lowest BCUT2D eigenvalue weighted by Crippen LogP contribution is -2.28. The lowest BCUT2D eigenvalue weighted by molar-refractivity contribution is -0.161. The van der Waals surface area contributed by atoms with Crippen LogP contribution in [-0.4, -0.2) is 58.8 Å². The van der Waals surface area contributed by atoms with Crippen LogP contribution in [0.15, 0.2) is 48.6 Å². The van der Waals surface area contributed by atoms with E-state index in [4.69, 9.17) is 9.47 Å². The summed E-state index contributed by atoms with van der Waals surface area (Å²) in [5, 5.41) is 29.9. The fourth-order valence-corrected chi connectivity index (χ4v) is 4.93. The van der Waals surface area contributed by atoms with Gasteiger partial charge in [0.2, 0.25) is 0 Å². The molecule has 3 atom stereocenters. The Hall–Kier alpha value is -2.22. The van der Waals surface area contributed by atoms with Gasteiger partial charge in [0, 0.05) is 12.8 Å². The Morgan fingerprint density at radius 1 is 0.587 bits per heavy atom. The van der Waals surface area contributed by atoms with Crippen molar-refractivity contribution in [2.24, 2.45) is 0 Å². The Kier molecular flexibility index (Phi) is 32.5. The molecule has 0 aromatic rings. The highest BCUT2D eigenvalue weighted by Crippen LogP contribution is 2.14.